The molecule has 0 spiro atoms. The predicted molar refractivity (Wildman–Crippen MR) is 102 cm³/mol. The standard InChI is InChI=1S/C18H19F3N6S/c1-10-8-14(18(19,20)21)27-15(23-10)13(9-22-27)16-24-25-17(28)26(16)11(2)12-6-4-3-5-7-12/h3-7,9-11,14,23H,8H2,1-2H3,(H,25,28)/t10-,11-,14-/m1/s1. The van der Waals surface area contributed by atoms with Gasteiger partial charge in [0.1, 0.15) is 5.82 Å². The van der Waals surface area contributed by atoms with E-state index in [9.17, 15) is 13.2 Å². The minimum Gasteiger partial charge on any atom is -0.367 e. The van der Waals surface area contributed by atoms with Crippen LogP contribution >= 0.6 is 12.2 Å². The van der Waals surface area contributed by atoms with E-state index in [1.165, 1.54) is 6.20 Å². The summed E-state index contributed by atoms with van der Waals surface area (Å²) < 4.78 is 43.7. The highest BCUT2D eigenvalue weighted by atomic mass is 32.1. The fourth-order valence-corrected chi connectivity index (χ4v) is 3.93. The van der Waals surface area contributed by atoms with Crippen molar-refractivity contribution in [2.45, 2.75) is 44.6 Å². The number of H-pyrrole nitrogens is 1. The molecule has 4 rings (SSSR count). The van der Waals surface area contributed by atoms with E-state index in [0.29, 0.717) is 22.0 Å². The van der Waals surface area contributed by atoms with Crippen molar-refractivity contribution < 1.29 is 13.2 Å². The Kier molecular flexibility index (Phi) is 4.53. The van der Waals surface area contributed by atoms with E-state index in [1.54, 1.807) is 11.5 Å². The third-order valence-corrected chi connectivity index (χ3v) is 5.33. The second-order valence-electron chi connectivity index (χ2n) is 7.00. The van der Waals surface area contributed by atoms with E-state index in [0.717, 1.165) is 10.2 Å². The first-order valence-electron chi connectivity index (χ1n) is 8.90. The Bertz CT molecular complexity index is 1040. The normalized spacial score (nSPS) is 20.5. The van der Waals surface area contributed by atoms with Gasteiger partial charge in [0.05, 0.1) is 17.8 Å². The van der Waals surface area contributed by atoms with Crippen molar-refractivity contribution in [1.29, 1.82) is 0 Å². The van der Waals surface area contributed by atoms with Gasteiger partial charge in [-0.05, 0) is 38.0 Å². The molecule has 6 nitrogen and oxygen atoms in total. The molecule has 0 aliphatic carbocycles. The van der Waals surface area contributed by atoms with E-state index in [2.05, 4.69) is 20.6 Å². The second kappa shape index (κ2) is 6.77. The topological polar surface area (TPSA) is 63.5 Å². The van der Waals surface area contributed by atoms with Crippen molar-refractivity contribution in [3.05, 3.63) is 46.9 Å². The van der Waals surface area contributed by atoms with Gasteiger partial charge in [-0.1, -0.05) is 30.3 Å². The van der Waals surface area contributed by atoms with E-state index >= 15 is 0 Å². The van der Waals surface area contributed by atoms with Crippen LogP contribution in [0.15, 0.2) is 36.5 Å². The van der Waals surface area contributed by atoms with Gasteiger partial charge in [0, 0.05) is 6.04 Å². The van der Waals surface area contributed by atoms with Gasteiger partial charge in [-0.25, -0.2) is 4.68 Å². The van der Waals surface area contributed by atoms with Crippen molar-refractivity contribution in [3.8, 4) is 11.4 Å². The van der Waals surface area contributed by atoms with Crippen molar-refractivity contribution in [2.75, 3.05) is 5.32 Å². The quantitative estimate of drug-likeness (QED) is 0.616. The number of nitrogens with one attached hydrogen (secondary N) is 2. The van der Waals surface area contributed by atoms with Crippen LogP contribution in [0.25, 0.3) is 11.4 Å². The van der Waals surface area contributed by atoms with Crippen molar-refractivity contribution >= 4 is 18.0 Å². The van der Waals surface area contributed by atoms with Crippen LogP contribution in [0.1, 0.15) is 37.9 Å². The van der Waals surface area contributed by atoms with Gasteiger partial charge in [0.25, 0.3) is 0 Å². The fourth-order valence-electron chi connectivity index (χ4n) is 3.64. The SMILES string of the molecule is C[C@@H]1C[C@H](C(F)(F)F)n2ncc(-c3n[nH]c(=S)n3[C@H](C)c3ccccc3)c2N1. The molecule has 0 saturated carbocycles. The Morgan fingerprint density at radius 2 is 1.96 bits per heavy atom. The lowest BCUT2D eigenvalue weighted by atomic mass is 10.0. The number of halogens is 3. The summed E-state index contributed by atoms with van der Waals surface area (Å²) in [5.74, 6) is 0.752. The lowest BCUT2D eigenvalue weighted by Gasteiger charge is -2.32. The van der Waals surface area contributed by atoms with Gasteiger partial charge in [-0.2, -0.15) is 23.4 Å². The van der Waals surface area contributed by atoms with Crippen LogP contribution in [0.3, 0.4) is 0 Å². The maximum Gasteiger partial charge on any atom is 0.410 e. The highest BCUT2D eigenvalue weighted by Gasteiger charge is 2.46. The maximum absolute atomic E-state index is 13.5. The fraction of sp³-hybridized carbons (Fsp3) is 0.389. The van der Waals surface area contributed by atoms with Crippen molar-refractivity contribution in [3.63, 3.8) is 0 Å². The molecule has 1 aliphatic heterocycles. The number of hydrogen-bond donors (Lipinski definition) is 2. The molecule has 1 aliphatic rings. The molecule has 0 fully saturated rings. The zero-order valence-corrected chi connectivity index (χ0v) is 16.1. The molecule has 3 heterocycles. The van der Waals surface area contributed by atoms with Gasteiger partial charge in [-0.3, -0.25) is 9.67 Å². The average Bonchev–Trinajstić information content (AvgIpc) is 3.23. The van der Waals surface area contributed by atoms with Crippen LogP contribution in [0, 0.1) is 4.77 Å². The van der Waals surface area contributed by atoms with Gasteiger partial charge in [-0.15, -0.1) is 0 Å². The number of hydrogen-bond acceptors (Lipinski definition) is 4. The second-order valence-corrected chi connectivity index (χ2v) is 7.39. The number of aromatic amines is 1. The first-order chi connectivity index (χ1) is 13.3. The molecule has 0 amide bonds. The number of alkyl halides is 3. The molecule has 0 unspecified atom stereocenters. The van der Waals surface area contributed by atoms with Crippen molar-refractivity contribution in [2.24, 2.45) is 0 Å². The van der Waals surface area contributed by atoms with Crippen LogP contribution in [-0.4, -0.2) is 36.8 Å². The molecule has 28 heavy (non-hydrogen) atoms. The summed E-state index contributed by atoms with van der Waals surface area (Å²) >= 11 is 5.40. The summed E-state index contributed by atoms with van der Waals surface area (Å²) in [6, 6.07) is 7.53. The monoisotopic (exact) mass is 408 g/mol. The predicted octanol–water partition coefficient (Wildman–Crippen LogP) is 4.72. The highest BCUT2D eigenvalue weighted by molar-refractivity contribution is 7.71. The minimum absolute atomic E-state index is 0.0785. The minimum atomic E-state index is -4.38. The van der Waals surface area contributed by atoms with Crippen LogP contribution in [0.4, 0.5) is 19.0 Å². The summed E-state index contributed by atoms with van der Waals surface area (Å²) in [6.45, 7) is 3.69. The third-order valence-electron chi connectivity index (χ3n) is 5.04. The van der Waals surface area contributed by atoms with Crippen LogP contribution in [-0.2, 0) is 0 Å². The van der Waals surface area contributed by atoms with E-state index in [4.69, 9.17) is 12.2 Å². The highest BCUT2D eigenvalue weighted by Crippen LogP contribution is 2.42. The first kappa shape index (κ1) is 18.7. The van der Waals surface area contributed by atoms with E-state index in [1.807, 2.05) is 37.3 Å². The molecular formula is C18H19F3N6S. The number of fused-ring (bicyclic) bond motifs is 1. The van der Waals surface area contributed by atoms with Crippen LogP contribution < -0.4 is 5.32 Å². The molecule has 2 aromatic heterocycles. The zero-order valence-electron chi connectivity index (χ0n) is 15.2. The van der Waals surface area contributed by atoms with E-state index in [-0.39, 0.29) is 18.5 Å². The summed E-state index contributed by atoms with van der Waals surface area (Å²) in [7, 11) is 0. The lowest BCUT2D eigenvalue weighted by Crippen LogP contribution is -2.38. The molecule has 3 atom stereocenters. The molecular weight excluding hydrogens is 389 g/mol. The van der Waals surface area contributed by atoms with Gasteiger partial charge >= 0.3 is 6.18 Å². The Labute approximate surface area is 164 Å². The largest absolute Gasteiger partial charge is 0.410 e. The Balaban J connectivity index is 1.83. The van der Waals surface area contributed by atoms with E-state index < -0.39 is 12.2 Å². The maximum atomic E-state index is 13.5. The molecule has 0 saturated heterocycles. The molecule has 1 aromatic carbocycles. The number of anilines is 1. The smallest absolute Gasteiger partial charge is 0.367 e. The number of rotatable bonds is 3. The number of nitrogens with zero attached hydrogens (tertiary/aromatic N) is 4. The Hall–Kier alpha value is -2.62. The molecule has 148 valence electrons. The van der Waals surface area contributed by atoms with Crippen LogP contribution in [0.2, 0.25) is 0 Å². The zero-order chi connectivity index (χ0) is 20.1. The Morgan fingerprint density at radius 3 is 2.64 bits per heavy atom. The molecule has 0 radical (unpaired) electrons. The Morgan fingerprint density at radius 1 is 1.25 bits per heavy atom. The van der Waals surface area contributed by atoms with Crippen molar-refractivity contribution in [1.82, 2.24) is 24.5 Å². The third kappa shape index (κ3) is 3.11. The van der Waals surface area contributed by atoms with Gasteiger partial charge in [0.15, 0.2) is 16.6 Å². The number of aromatic nitrogens is 5. The molecule has 2 N–H and O–H groups in total. The summed E-state index contributed by atoms with van der Waals surface area (Å²) in [5, 5.41) is 14.2. The van der Waals surface area contributed by atoms with Gasteiger partial charge in [0.2, 0.25) is 0 Å². The average molecular weight is 408 g/mol. The summed E-state index contributed by atoms with van der Waals surface area (Å²) in [6.07, 6.45) is -3.04. The molecule has 3 aromatic rings. The summed E-state index contributed by atoms with van der Waals surface area (Å²) in [5.41, 5.74) is 1.49. The molecule has 10 heteroatoms. The molecule has 0 bridgehead atoms. The summed E-state index contributed by atoms with van der Waals surface area (Å²) in [4.78, 5) is 0. The van der Waals surface area contributed by atoms with Gasteiger partial charge < -0.3 is 5.32 Å². The first-order valence-corrected chi connectivity index (χ1v) is 9.31. The lowest BCUT2D eigenvalue weighted by molar-refractivity contribution is -0.173. The van der Waals surface area contributed by atoms with Crippen LogP contribution in [0.5, 0.6) is 0 Å². The number of benzene rings is 1.